The number of nitrogens with zero attached hydrogens (tertiary/aromatic N) is 2. The second-order valence-electron chi connectivity index (χ2n) is 7.69. The minimum atomic E-state index is -0.423. The third-order valence-corrected chi connectivity index (χ3v) is 5.83. The van der Waals surface area contributed by atoms with Crippen LogP contribution in [0.1, 0.15) is 51.0 Å². The molecule has 1 heterocycles. The van der Waals surface area contributed by atoms with Crippen LogP contribution < -0.4 is 10.6 Å². The third-order valence-electron chi connectivity index (χ3n) is 5.54. The summed E-state index contributed by atoms with van der Waals surface area (Å²) in [6, 6.07) is 4.85. The Morgan fingerprint density at radius 3 is 2.79 bits per heavy atom. The van der Waals surface area contributed by atoms with Crippen LogP contribution in [0.2, 0.25) is 5.02 Å². The molecule has 1 aliphatic carbocycles. The first-order valence-electron chi connectivity index (χ1n) is 10.3. The van der Waals surface area contributed by atoms with Gasteiger partial charge in [-0.1, -0.05) is 36.9 Å². The van der Waals surface area contributed by atoms with E-state index >= 15 is 0 Å². The Hall–Kier alpha value is -1.82. The van der Waals surface area contributed by atoms with Gasteiger partial charge in [0.15, 0.2) is 5.96 Å². The molecule has 1 atom stereocenters. The number of carbonyl (C=O) groups is 1. The summed E-state index contributed by atoms with van der Waals surface area (Å²) in [6.45, 7) is 4.70. The minimum Gasteiger partial charge on any atom is -0.357 e. The molecule has 1 aromatic rings. The summed E-state index contributed by atoms with van der Waals surface area (Å²) in [4.78, 5) is 19.3. The number of aliphatic imine (C=N–C) groups is 1. The molecule has 28 heavy (non-hydrogen) atoms. The summed E-state index contributed by atoms with van der Waals surface area (Å²) in [5.74, 6) is 0.831. The maximum absolute atomic E-state index is 13.3. The van der Waals surface area contributed by atoms with Crippen LogP contribution in [0.25, 0.3) is 0 Å². The van der Waals surface area contributed by atoms with E-state index in [9.17, 15) is 9.18 Å². The van der Waals surface area contributed by atoms with Gasteiger partial charge in [-0.15, -0.1) is 0 Å². The Morgan fingerprint density at radius 1 is 1.29 bits per heavy atom. The molecular formula is C21H30ClFN4O. The van der Waals surface area contributed by atoms with E-state index in [0.717, 1.165) is 44.5 Å². The molecule has 0 aromatic heterocycles. The first kappa shape index (κ1) is 20.9. The van der Waals surface area contributed by atoms with Crippen molar-refractivity contribution in [2.45, 2.75) is 58.0 Å². The Labute approximate surface area is 171 Å². The molecule has 1 aromatic carbocycles. The van der Waals surface area contributed by atoms with E-state index in [4.69, 9.17) is 11.6 Å². The highest BCUT2D eigenvalue weighted by atomic mass is 35.5. The Kier molecular flexibility index (Phi) is 7.54. The Bertz CT molecular complexity index is 706. The van der Waals surface area contributed by atoms with E-state index in [1.165, 1.54) is 25.3 Å². The highest BCUT2D eigenvalue weighted by molar-refractivity contribution is 6.30. The molecule has 5 nitrogen and oxygen atoms in total. The molecule has 1 unspecified atom stereocenters. The molecule has 7 heteroatoms. The van der Waals surface area contributed by atoms with Gasteiger partial charge >= 0.3 is 0 Å². The number of nitrogens with one attached hydrogen (secondary N) is 2. The first-order valence-corrected chi connectivity index (χ1v) is 10.7. The fourth-order valence-electron chi connectivity index (χ4n) is 4.01. The van der Waals surface area contributed by atoms with Crippen LogP contribution >= 0.6 is 11.6 Å². The second kappa shape index (κ2) is 10.1. The van der Waals surface area contributed by atoms with Crippen molar-refractivity contribution in [3.05, 3.63) is 34.6 Å². The van der Waals surface area contributed by atoms with Crippen LogP contribution in [0.15, 0.2) is 23.2 Å². The average molecular weight is 409 g/mol. The van der Waals surface area contributed by atoms with Crippen LogP contribution in [0, 0.1) is 11.7 Å². The van der Waals surface area contributed by atoms with Gasteiger partial charge in [0.1, 0.15) is 5.82 Å². The number of hydrogen-bond acceptors (Lipinski definition) is 2. The SMILES string of the molecule is CCNC(=NCc1ccc(F)c(Cl)c1)NC1CCN(C(=O)C2CCCCC2)C1. The van der Waals surface area contributed by atoms with Gasteiger partial charge in [-0.05, 0) is 43.9 Å². The molecule has 3 rings (SSSR count). The lowest BCUT2D eigenvalue weighted by Crippen LogP contribution is -2.45. The molecule has 0 radical (unpaired) electrons. The smallest absolute Gasteiger partial charge is 0.225 e. The van der Waals surface area contributed by atoms with Gasteiger partial charge in [0.25, 0.3) is 0 Å². The highest BCUT2D eigenvalue weighted by Gasteiger charge is 2.31. The number of carbonyl (C=O) groups excluding carboxylic acids is 1. The largest absolute Gasteiger partial charge is 0.357 e. The van der Waals surface area contributed by atoms with E-state index in [1.54, 1.807) is 12.1 Å². The average Bonchev–Trinajstić information content (AvgIpc) is 3.17. The van der Waals surface area contributed by atoms with Gasteiger partial charge < -0.3 is 15.5 Å². The molecule has 1 saturated carbocycles. The number of hydrogen-bond donors (Lipinski definition) is 2. The van der Waals surface area contributed by atoms with Gasteiger partial charge in [0, 0.05) is 31.6 Å². The molecule has 2 N–H and O–H groups in total. The monoisotopic (exact) mass is 408 g/mol. The predicted octanol–water partition coefficient (Wildman–Crippen LogP) is 3.72. The first-order chi connectivity index (χ1) is 13.6. The summed E-state index contributed by atoms with van der Waals surface area (Å²) in [6.07, 6.45) is 6.61. The van der Waals surface area contributed by atoms with Crippen LogP contribution in [-0.4, -0.2) is 42.4 Å². The second-order valence-corrected chi connectivity index (χ2v) is 8.10. The van der Waals surface area contributed by atoms with E-state index < -0.39 is 5.82 Å². The standard InChI is InChI=1S/C21H30ClFN4O/c1-2-24-21(25-13-15-8-9-19(23)18(22)12-15)26-17-10-11-27(14-17)20(28)16-6-4-3-5-7-16/h8-9,12,16-17H,2-7,10-11,13-14H2,1H3,(H2,24,25,26). The molecule has 154 valence electrons. The molecule has 0 spiro atoms. The maximum atomic E-state index is 13.3. The topological polar surface area (TPSA) is 56.7 Å². The van der Waals surface area contributed by atoms with E-state index in [-0.39, 0.29) is 17.0 Å². The van der Waals surface area contributed by atoms with Crippen LogP contribution in [0.5, 0.6) is 0 Å². The summed E-state index contributed by atoms with van der Waals surface area (Å²) in [7, 11) is 0. The lowest BCUT2D eigenvalue weighted by Gasteiger charge is -2.26. The quantitative estimate of drug-likeness (QED) is 0.576. The molecule has 1 amide bonds. The van der Waals surface area contributed by atoms with Crippen molar-refractivity contribution in [1.29, 1.82) is 0 Å². The summed E-state index contributed by atoms with van der Waals surface area (Å²) < 4.78 is 13.3. The van der Waals surface area contributed by atoms with Crippen molar-refractivity contribution in [3.8, 4) is 0 Å². The fourth-order valence-corrected chi connectivity index (χ4v) is 4.21. The lowest BCUT2D eigenvalue weighted by molar-refractivity contribution is -0.135. The molecule has 2 fully saturated rings. The van der Waals surface area contributed by atoms with Crippen molar-refractivity contribution < 1.29 is 9.18 Å². The number of benzene rings is 1. The van der Waals surface area contributed by atoms with Crippen molar-refractivity contribution in [2.24, 2.45) is 10.9 Å². The van der Waals surface area contributed by atoms with Gasteiger partial charge in [-0.3, -0.25) is 4.79 Å². The number of rotatable bonds is 5. The maximum Gasteiger partial charge on any atom is 0.225 e. The molecule has 1 saturated heterocycles. The third kappa shape index (κ3) is 5.60. The zero-order valence-corrected chi connectivity index (χ0v) is 17.3. The van der Waals surface area contributed by atoms with Crippen molar-refractivity contribution in [2.75, 3.05) is 19.6 Å². The predicted molar refractivity (Wildman–Crippen MR) is 111 cm³/mol. The number of likely N-dealkylation sites (tertiary alicyclic amines) is 1. The lowest BCUT2D eigenvalue weighted by atomic mass is 9.88. The molecule has 2 aliphatic rings. The van der Waals surface area contributed by atoms with E-state index in [1.807, 2.05) is 11.8 Å². The number of halogens is 2. The van der Waals surface area contributed by atoms with Gasteiger partial charge in [-0.25, -0.2) is 9.38 Å². The van der Waals surface area contributed by atoms with Crippen LogP contribution in [0.4, 0.5) is 4.39 Å². The zero-order valence-electron chi connectivity index (χ0n) is 16.5. The normalized spacial score (nSPS) is 21.0. The summed E-state index contributed by atoms with van der Waals surface area (Å²) >= 11 is 5.85. The fraction of sp³-hybridized carbons (Fsp3) is 0.619. The number of amides is 1. The van der Waals surface area contributed by atoms with Crippen molar-refractivity contribution in [1.82, 2.24) is 15.5 Å². The Morgan fingerprint density at radius 2 is 2.07 bits per heavy atom. The van der Waals surface area contributed by atoms with Gasteiger partial charge in [-0.2, -0.15) is 0 Å². The van der Waals surface area contributed by atoms with Crippen LogP contribution in [0.3, 0.4) is 0 Å². The molecule has 0 bridgehead atoms. The summed E-state index contributed by atoms with van der Waals surface area (Å²) in [5, 5.41) is 6.79. The van der Waals surface area contributed by atoms with Crippen LogP contribution in [-0.2, 0) is 11.3 Å². The zero-order chi connectivity index (χ0) is 19.9. The molecule has 1 aliphatic heterocycles. The van der Waals surface area contributed by atoms with E-state index in [0.29, 0.717) is 18.4 Å². The van der Waals surface area contributed by atoms with Crippen molar-refractivity contribution >= 4 is 23.5 Å². The van der Waals surface area contributed by atoms with Gasteiger partial charge in [0.2, 0.25) is 5.91 Å². The minimum absolute atomic E-state index is 0.110. The van der Waals surface area contributed by atoms with E-state index in [2.05, 4.69) is 15.6 Å². The summed E-state index contributed by atoms with van der Waals surface area (Å²) in [5.41, 5.74) is 0.851. The molecular weight excluding hydrogens is 379 g/mol. The van der Waals surface area contributed by atoms with Crippen molar-refractivity contribution in [3.63, 3.8) is 0 Å². The highest BCUT2D eigenvalue weighted by Crippen LogP contribution is 2.26. The Balaban J connectivity index is 1.55. The number of guanidine groups is 1. The van der Waals surface area contributed by atoms with Gasteiger partial charge in [0.05, 0.1) is 11.6 Å².